The number of rotatable bonds is 4. The molecule has 128 valence electrons. The van der Waals surface area contributed by atoms with E-state index in [0.29, 0.717) is 15.7 Å². The SMILES string of the molecule is Cc1ccc(S(=O)(=O)N(C)C)cc1NC(=O)c1cc(Br)ccc1F. The molecular formula is C16H16BrFN2O3S. The first-order chi connectivity index (χ1) is 11.1. The van der Waals surface area contributed by atoms with Gasteiger partial charge in [0.05, 0.1) is 10.5 Å². The topological polar surface area (TPSA) is 66.5 Å². The van der Waals surface area contributed by atoms with Gasteiger partial charge in [-0.2, -0.15) is 0 Å². The van der Waals surface area contributed by atoms with Crippen molar-refractivity contribution in [3.63, 3.8) is 0 Å². The van der Waals surface area contributed by atoms with Crippen molar-refractivity contribution in [1.29, 1.82) is 0 Å². The lowest BCUT2D eigenvalue weighted by Crippen LogP contribution is -2.22. The average Bonchev–Trinajstić information content (AvgIpc) is 2.51. The molecule has 0 bridgehead atoms. The van der Waals surface area contributed by atoms with Crippen molar-refractivity contribution >= 4 is 37.5 Å². The molecule has 1 N–H and O–H groups in total. The molecule has 0 aliphatic heterocycles. The Hall–Kier alpha value is -1.77. The van der Waals surface area contributed by atoms with Crippen molar-refractivity contribution in [2.75, 3.05) is 19.4 Å². The molecule has 2 rings (SSSR count). The minimum absolute atomic E-state index is 0.0446. The molecular weight excluding hydrogens is 399 g/mol. The van der Waals surface area contributed by atoms with Crippen molar-refractivity contribution < 1.29 is 17.6 Å². The van der Waals surface area contributed by atoms with E-state index in [1.807, 2.05) is 0 Å². The van der Waals surface area contributed by atoms with E-state index in [4.69, 9.17) is 0 Å². The third kappa shape index (κ3) is 3.82. The zero-order valence-electron chi connectivity index (χ0n) is 13.3. The Labute approximate surface area is 148 Å². The van der Waals surface area contributed by atoms with Crippen molar-refractivity contribution in [1.82, 2.24) is 4.31 Å². The van der Waals surface area contributed by atoms with Gasteiger partial charge in [0, 0.05) is 24.3 Å². The normalized spacial score (nSPS) is 11.6. The number of halogens is 2. The summed E-state index contributed by atoms with van der Waals surface area (Å²) in [7, 11) is -0.789. The zero-order chi connectivity index (χ0) is 18.1. The van der Waals surface area contributed by atoms with E-state index >= 15 is 0 Å². The van der Waals surface area contributed by atoms with Crippen LogP contribution in [0.1, 0.15) is 15.9 Å². The summed E-state index contributed by atoms with van der Waals surface area (Å²) in [5.74, 6) is -1.32. The summed E-state index contributed by atoms with van der Waals surface area (Å²) in [6, 6.07) is 8.43. The first-order valence-electron chi connectivity index (χ1n) is 6.92. The Kier molecular flexibility index (Phi) is 5.42. The molecule has 0 spiro atoms. The van der Waals surface area contributed by atoms with E-state index < -0.39 is 21.7 Å². The van der Waals surface area contributed by atoms with Crippen molar-refractivity contribution in [3.8, 4) is 0 Å². The van der Waals surface area contributed by atoms with Crippen LogP contribution in [0.3, 0.4) is 0 Å². The van der Waals surface area contributed by atoms with Gasteiger partial charge in [-0.1, -0.05) is 22.0 Å². The van der Waals surface area contributed by atoms with Gasteiger partial charge < -0.3 is 5.32 Å². The fourth-order valence-corrected chi connectivity index (χ4v) is 3.26. The second kappa shape index (κ2) is 7.00. The molecule has 0 aliphatic rings. The van der Waals surface area contributed by atoms with E-state index in [1.165, 1.54) is 44.4 Å². The van der Waals surface area contributed by atoms with Crippen LogP contribution >= 0.6 is 15.9 Å². The highest BCUT2D eigenvalue weighted by Gasteiger charge is 2.19. The van der Waals surface area contributed by atoms with Crippen LogP contribution in [0.4, 0.5) is 10.1 Å². The lowest BCUT2D eigenvalue weighted by molar-refractivity contribution is 0.102. The Bertz CT molecular complexity index is 898. The molecule has 0 saturated carbocycles. The number of carbonyl (C=O) groups excluding carboxylic acids is 1. The summed E-state index contributed by atoms with van der Waals surface area (Å²) < 4.78 is 39.9. The van der Waals surface area contributed by atoms with Crippen LogP contribution in [0.15, 0.2) is 45.8 Å². The number of nitrogens with zero attached hydrogens (tertiary/aromatic N) is 1. The van der Waals surface area contributed by atoms with E-state index in [2.05, 4.69) is 21.2 Å². The van der Waals surface area contributed by atoms with Gasteiger partial charge in [-0.15, -0.1) is 0 Å². The number of benzene rings is 2. The van der Waals surface area contributed by atoms with Gasteiger partial charge in [-0.25, -0.2) is 17.1 Å². The second-order valence-corrected chi connectivity index (χ2v) is 8.41. The predicted octanol–water partition coefficient (Wildman–Crippen LogP) is 3.40. The largest absolute Gasteiger partial charge is 0.322 e. The molecule has 0 unspecified atom stereocenters. The van der Waals surface area contributed by atoms with E-state index in [-0.39, 0.29) is 10.5 Å². The van der Waals surface area contributed by atoms with E-state index in [1.54, 1.807) is 13.0 Å². The van der Waals surface area contributed by atoms with Gasteiger partial charge in [-0.3, -0.25) is 4.79 Å². The number of nitrogens with one attached hydrogen (secondary N) is 1. The Morgan fingerprint density at radius 2 is 1.83 bits per heavy atom. The molecule has 8 heteroatoms. The Balaban J connectivity index is 2.39. The second-order valence-electron chi connectivity index (χ2n) is 5.34. The lowest BCUT2D eigenvalue weighted by atomic mass is 10.1. The molecule has 24 heavy (non-hydrogen) atoms. The zero-order valence-corrected chi connectivity index (χ0v) is 15.7. The molecule has 2 aromatic carbocycles. The average molecular weight is 415 g/mol. The maximum Gasteiger partial charge on any atom is 0.258 e. The standard InChI is InChI=1S/C16H16BrFN2O3S/c1-10-4-6-12(24(22,23)20(2)3)9-15(10)19-16(21)13-8-11(17)5-7-14(13)18/h4-9H,1-3H3,(H,19,21). The number of sulfonamides is 1. The molecule has 0 atom stereocenters. The highest BCUT2D eigenvalue weighted by atomic mass is 79.9. The van der Waals surface area contributed by atoms with Crippen molar-refractivity contribution in [3.05, 3.63) is 57.8 Å². The number of amides is 1. The summed E-state index contributed by atoms with van der Waals surface area (Å²) >= 11 is 3.19. The van der Waals surface area contributed by atoms with Crippen molar-refractivity contribution in [2.24, 2.45) is 0 Å². The molecule has 0 fully saturated rings. The third-order valence-electron chi connectivity index (χ3n) is 3.41. The van der Waals surface area contributed by atoms with Gasteiger partial charge in [0.2, 0.25) is 10.0 Å². The minimum atomic E-state index is -3.63. The molecule has 0 aliphatic carbocycles. The Morgan fingerprint density at radius 1 is 1.17 bits per heavy atom. The molecule has 0 heterocycles. The first kappa shape index (κ1) is 18.6. The van der Waals surface area contributed by atoms with Crippen molar-refractivity contribution in [2.45, 2.75) is 11.8 Å². The number of carbonyl (C=O) groups is 1. The molecule has 2 aromatic rings. The summed E-state index contributed by atoms with van der Waals surface area (Å²) in [6.07, 6.45) is 0. The Morgan fingerprint density at radius 3 is 2.46 bits per heavy atom. The quantitative estimate of drug-likeness (QED) is 0.833. The van der Waals surface area contributed by atoms with Crippen LogP contribution in [0.5, 0.6) is 0 Å². The van der Waals surface area contributed by atoms with Crippen LogP contribution in [0.2, 0.25) is 0 Å². The summed E-state index contributed by atoms with van der Waals surface area (Å²) in [4.78, 5) is 12.3. The highest BCUT2D eigenvalue weighted by Crippen LogP contribution is 2.23. The van der Waals surface area contributed by atoms with Crippen LogP contribution in [0, 0.1) is 12.7 Å². The maximum absolute atomic E-state index is 13.8. The van der Waals surface area contributed by atoms with Crippen LogP contribution in [0.25, 0.3) is 0 Å². The molecule has 0 saturated heterocycles. The van der Waals surface area contributed by atoms with Gasteiger partial charge in [0.25, 0.3) is 5.91 Å². The summed E-state index contributed by atoms with van der Waals surface area (Å²) in [5, 5.41) is 2.56. The fourth-order valence-electron chi connectivity index (χ4n) is 1.97. The molecule has 1 amide bonds. The fraction of sp³-hybridized carbons (Fsp3) is 0.188. The van der Waals surface area contributed by atoms with E-state index in [9.17, 15) is 17.6 Å². The minimum Gasteiger partial charge on any atom is -0.322 e. The van der Waals surface area contributed by atoms with Crippen LogP contribution in [-0.2, 0) is 10.0 Å². The highest BCUT2D eigenvalue weighted by molar-refractivity contribution is 9.10. The molecule has 5 nitrogen and oxygen atoms in total. The van der Waals surface area contributed by atoms with Gasteiger partial charge >= 0.3 is 0 Å². The maximum atomic E-state index is 13.8. The number of aryl methyl sites for hydroxylation is 1. The predicted molar refractivity (Wildman–Crippen MR) is 94.1 cm³/mol. The molecule has 0 radical (unpaired) electrons. The van der Waals surface area contributed by atoms with Gasteiger partial charge in [0.15, 0.2) is 0 Å². The first-order valence-corrected chi connectivity index (χ1v) is 9.16. The summed E-state index contributed by atoms with van der Waals surface area (Å²) in [5.41, 5.74) is 0.836. The smallest absolute Gasteiger partial charge is 0.258 e. The molecule has 0 aromatic heterocycles. The van der Waals surface area contributed by atoms with E-state index in [0.717, 1.165) is 4.31 Å². The number of hydrogen-bond donors (Lipinski definition) is 1. The number of anilines is 1. The van der Waals surface area contributed by atoms with Gasteiger partial charge in [-0.05, 0) is 42.8 Å². The lowest BCUT2D eigenvalue weighted by Gasteiger charge is -2.14. The summed E-state index contributed by atoms with van der Waals surface area (Å²) in [6.45, 7) is 1.72. The third-order valence-corrected chi connectivity index (χ3v) is 5.71. The monoisotopic (exact) mass is 414 g/mol. The van der Waals surface area contributed by atoms with Gasteiger partial charge in [0.1, 0.15) is 5.82 Å². The number of hydrogen-bond acceptors (Lipinski definition) is 3. The van der Waals surface area contributed by atoms with Crippen LogP contribution in [-0.4, -0.2) is 32.7 Å². The van der Waals surface area contributed by atoms with Crippen LogP contribution < -0.4 is 5.32 Å².